The maximum Gasteiger partial charge on any atom is 0.328 e. The van der Waals surface area contributed by atoms with Crippen LogP contribution in [0.25, 0.3) is 0 Å². The van der Waals surface area contributed by atoms with Gasteiger partial charge in [0.15, 0.2) is 0 Å². The van der Waals surface area contributed by atoms with E-state index in [1.165, 1.54) is 10.1 Å². The Morgan fingerprint density at radius 1 is 1.64 bits per heavy atom. The third kappa shape index (κ3) is 1.74. The zero-order valence-corrected chi connectivity index (χ0v) is 6.95. The van der Waals surface area contributed by atoms with Crippen molar-refractivity contribution in [3.05, 3.63) is 34.5 Å². The normalized spacial score (nSPS) is 11.1. The lowest BCUT2D eigenvalue weighted by molar-refractivity contribution is 0.731. The van der Waals surface area contributed by atoms with E-state index < -0.39 is 0 Å². The summed E-state index contributed by atoms with van der Waals surface area (Å²) in [5.41, 5.74) is 1.37. The number of imidazole rings is 1. The maximum atomic E-state index is 11.1. The molecule has 0 radical (unpaired) electrons. The summed E-state index contributed by atoms with van der Waals surface area (Å²) in [6, 6.07) is 0. The van der Waals surface area contributed by atoms with Crippen LogP contribution in [0.4, 0.5) is 0 Å². The smallest absolute Gasteiger partial charge is 0.302 e. The molecule has 0 bridgehead atoms. The van der Waals surface area contributed by atoms with Gasteiger partial charge in [-0.3, -0.25) is 4.57 Å². The number of rotatable bonds is 2. The summed E-state index contributed by atoms with van der Waals surface area (Å²) in [7, 11) is 1.71. The second-order valence-corrected chi connectivity index (χ2v) is 2.46. The number of aromatic nitrogens is 2. The van der Waals surface area contributed by atoms with Gasteiger partial charge in [0, 0.05) is 31.5 Å². The van der Waals surface area contributed by atoms with E-state index in [4.69, 9.17) is 11.6 Å². The van der Waals surface area contributed by atoms with Gasteiger partial charge in [-0.2, -0.15) is 0 Å². The second-order valence-electron chi connectivity index (χ2n) is 2.21. The molecule has 0 aromatic carbocycles. The Morgan fingerprint density at radius 2 is 2.36 bits per heavy atom. The zero-order chi connectivity index (χ0) is 8.27. The molecule has 4 heteroatoms. The highest BCUT2D eigenvalue weighted by Gasteiger charge is 1.94. The summed E-state index contributed by atoms with van der Waals surface area (Å²) in [6.07, 6.45) is 5.15. The maximum absolute atomic E-state index is 11.1. The molecule has 0 saturated carbocycles. The molecule has 1 aromatic heterocycles. The minimum Gasteiger partial charge on any atom is -0.302 e. The number of nitrogens with zero attached hydrogens (tertiary/aromatic N) is 2. The number of hydrogen-bond acceptors (Lipinski definition) is 1. The third-order valence-corrected chi connectivity index (χ3v) is 1.59. The van der Waals surface area contributed by atoms with E-state index in [0.717, 1.165) is 0 Å². The Labute approximate surface area is 69.5 Å². The summed E-state index contributed by atoms with van der Waals surface area (Å²) in [5, 5.41) is 0. The van der Waals surface area contributed by atoms with Crippen LogP contribution in [0.5, 0.6) is 0 Å². The van der Waals surface area contributed by atoms with Crippen molar-refractivity contribution in [2.45, 2.75) is 6.54 Å². The van der Waals surface area contributed by atoms with Crippen LogP contribution in [-0.2, 0) is 13.6 Å². The Balaban J connectivity index is 2.87. The fourth-order valence-corrected chi connectivity index (χ4v) is 0.883. The van der Waals surface area contributed by atoms with E-state index in [2.05, 4.69) is 0 Å². The standard InChI is InChI=1S/C7H9ClN2O/c1-9-5-6-10(7(9)11)4-2-3-8/h2-3,5-6H,4H2,1H3/b3-2+. The van der Waals surface area contributed by atoms with Gasteiger partial charge in [0.2, 0.25) is 0 Å². The average Bonchev–Trinajstić information content (AvgIpc) is 2.31. The van der Waals surface area contributed by atoms with Crippen molar-refractivity contribution in [3.8, 4) is 0 Å². The van der Waals surface area contributed by atoms with Gasteiger partial charge in [-0.25, -0.2) is 4.79 Å². The van der Waals surface area contributed by atoms with E-state index >= 15 is 0 Å². The molecule has 11 heavy (non-hydrogen) atoms. The van der Waals surface area contributed by atoms with E-state index in [1.54, 1.807) is 30.1 Å². The predicted octanol–water partition coefficient (Wildman–Crippen LogP) is 0.939. The fourth-order valence-electron chi connectivity index (χ4n) is 0.803. The Morgan fingerprint density at radius 3 is 2.82 bits per heavy atom. The van der Waals surface area contributed by atoms with E-state index in [0.29, 0.717) is 6.54 Å². The largest absolute Gasteiger partial charge is 0.328 e. The molecule has 0 N–H and O–H groups in total. The van der Waals surface area contributed by atoms with Crippen molar-refractivity contribution in [3.63, 3.8) is 0 Å². The van der Waals surface area contributed by atoms with Crippen LogP contribution >= 0.6 is 11.6 Å². The first-order valence-corrected chi connectivity index (χ1v) is 3.66. The Kier molecular flexibility index (Phi) is 2.54. The summed E-state index contributed by atoms with van der Waals surface area (Å²) < 4.78 is 3.08. The number of hydrogen-bond donors (Lipinski definition) is 0. The Hall–Kier alpha value is -0.960. The molecular weight excluding hydrogens is 164 g/mol. The van der Waals surface area contributed by atoms with Crippen LogP contribution in [0, 0.1) is 0 Å². The average molecular weight is 173 g/mol. The van der Waals surface area contributed by atoms with Gasteiger partial charge >= 0.3 is 5.69 Å². The molecular formula is C7H9ClN2O. The minimum atomic E-state index is -0.0280. The lowest BCUT2D eigenvalue weighted by Crippen LogP contribution is -2.21. The molecule has 60 valence electrons. The SMILES string of the molecule is Cn1ccn(C/C=C/Cl)c1=O. The molecule has 1 heterocycles. The van der Waals surface area contributed by atoms with Gasteiger partial charge in [0.25, 0.3) is 0 Å². The first-order valence-electron chi connectivity index (χ1n) is 3.22. The molecule has 0 aliphatic rings. The topological polar surface area (TPSA) is 26.9 Å². The lowest BCUT2D eigenvalue weighted by atomic mass is 10.6. The minimum absolute atomic E-state index is 0.0280. The molecule has 0 atom stereocenters. The summed E-state index contributed by atoms with van der Waals surface area (Å²) in [6.45, 7) is 0.531. The van der Waals surface area contributed by atoms with Crippen LogP contribution in [0.15, 0.2) is 28.8 Å². The van der Waals surface area contributed by atoms with Crippen molar-refractivity contribution in [1.29, 1.82) is 0 Å². The fraction of sp³-hybridized carbons (Fsp3) is 0.286. The first-order chi connectivity index (χ1) is 5.25. The molecule has 0 aliphatic heterocycles. The number of aryl methyl sites for hydroxylation is 1. The number of allylic oxidation sites excluding steroid dienone is 1. The van der Waals surface area contributed by atoms with Crippen molar-refractivity contribution >= 4 is 11.6 Å². The summed E-state index contributed by atoms with van der Waals surface area (Å²) in [4.78, 5) is 11.1. The predicted molar refractivity (Wildman–Crippen MR) is 44.7 cm³/mol. The second kappa shape index (κ2) is 3.44. The third-order valence-electron chi connectivity index (χ3n) is 1.41. The van der Waals surface area contributed by atoms with Crippen LogP contribution < -0.4 is 5.69 Å². The monoisotopic (exact) mass is 172 g/mol. The molecule has 3 nitrogen and oxygen atoms in total. The van der Waals surface area contributed by atoms with E-state index in [-0.39, 0.29) is 5.69 Å². The summed E-state index contributed by atoms with van der Waals surface area (Å²) >= 11 is 5.31. The molecule has 0 spiro atoms. The van der Waals surface area contributed by atoms with Gasteiger partial charge in [-0.15, -0.1) is 0 Å². The van der Waals surface area contributed by atoms with Gasteiger partial charge in [-0.1, -0.05) is 17.7 Å². The molecule has 0 amide bonds. The summed E-state index contributed by atoms with van der Waals surface area (Å²) in [5.74, 6) is 0. The first kappa shape index (κ1) is 8.14. The molecule has 0 fully saturated rings. The van der Waals surface area contributed by atoms with Crippen molar-refractivity contribution in [1.82, 2.24) is 9.13 Å². The Bertz CT molecular complexity index is 310. The van der Waals surface area contributed by atoms with Crippen LogP contribution in [0.1, 0.15) is 0 Å². The van der Waals surface area contributed by atoms with Crippen LogP contribution in [0.2, 0.25) is 0 Å². The quantitative estimate of drug-likeness (QED) is 0.652. The molecule has 0 unspecified atom stereocenters. The zero-order valence-electron chi connectivity index (χ0n) is 6.20. The molecule has 0 saturated heterocycles. The van der Waals surface area contributed by atoms with Crippen molar-refractivity contribution in [2.24, 2.45) is 7.05 Å². The van der Waals surface area contributed by atoms with Crippen LogP contribution in [-0.4, -0.2) is 9.13 Å². The molecule has 1 rings (SSSR count). The van der Waals surface area contributed by atoms with Gasteiger partial charge < -0.3 is 4.57 Å². The van der Waals surface area contributed by atoms with Crippen molar-refractivity contribution in [2.75, 3.05) is 0 Å². The highest BCUT2D eigenvalue weighted by atomic mass is 35.5. The van der Waals surface area contributed by atoms with E-state index in [9.17, 15) is 4.79 Å². The molecule has 1 aromatic rings. The number of halogens is 1. The van der Waals surface area contributed by atoms with Crippen LogP contribution in [0.3, 0.4) is 0 Å². The highest BCUT2D eigenvalue weighted by molar-refractivity contribution is 6.25. The molecule has 0 aliphatic carbocycles. The van der Waals surface area contributed by atoms with E-state index in [1.807, 2.05) is 0 Å². The van der Waals surface area contributed by atoms with Gasteiger partial charge in [0.05, 0.1) is 0 Å². The van der Waals surface area contributed by atoms with Crippen molar-refractivity contribution < 1.29 is 0 Å². The van der Waals surface area contributed by atoms with Gasteiger partial charge in [-0.05, 0) is 0 Å². The highest BCUT2D eigenvalue weighted by Crippen LogP contribution is 1.85. The van der Waals surface area contributed by atoms with Gasteiger partial charge in [0.1, 0.15) is 0 Å². The lowest BCUT2D eigenvalue weighted by Gasteiger charge is -1.91.